The maximum Gasteiger partial charge on any atom is 0.347 e. The lowest BCUT2D eigenvalue weighted by molar-refractivity contribution is -0.191. The molecular formula is C33H46O20. The summed E-state index contributed by atoms with van der Waals surface area (Å²) < 4.78 is 41.6. The molecule has 5 atom stereocenters. The Bertz CT molecular complexity index is 1210. The van der Waals surface area contributed by atoms with Crippen LogP contribution in [0, 0.1) is 5.41 Å². The molecule has 20 heteroatoms. The van der Waals surface area contributed by atoms with Crippen LogP contribution in [0.15, 0.2) is 12.2 Å². The predicted molar refractivity (Wildman–Crippen MR) is 170 cm³/mol. The third-order valence-corrected chi connectivity index (χ3v) is 7.06. The van der Waals surface area contributed by atoms with Crippen LogP contribution in [0.4, 0.5) is 0 Å². The maximum atomic E-state index is 11.7. The van der Waals surface area contributed by atoms with E-state index < -0.39 is 90.9 Å². The fourth-order valence-corrected chi connectivity index (χ4v) is 3.63. The van der Waals surface area contributed by atoms with Gasteiger partial charge in [-0.1, -0.05) is 12.2 Å². The monoisotopic (exact) mass is 762 g/mol. The van der Waals surface area contributed by atoms with Gasteiger partial charge in [-0.3, -0.25) is 14.4 Å². The Hall–Kier alpha value is -5.11. The molecule has 0 radical (unpaired) electrons. The highest BCUT2D eigenvalue weighted by Gasteiger charge is 2.36. The second-order valence-corrected chi connectivity index (χ2v) is 11.8. The molecule has 5 rings (SSSR count). The molecule has 5 aliphatic rings. The molecule has 0 aromatic heterocycles. The molecule has 0 aromatic rings. The topological polar surface area (TPSA) is 277 Å². The molecule has 0 aliphatic carbocycles. The van der Waals surface area contributed by atoms with Gasteiger partial charge in [-0.15, -0.1) is 0 Å². The number of aliphatic hydroxyl groups is 2. The second kappa shape index (κ2) is 23.5. The van der Waals surface area contributed by atoms with E-state index in [4.69, 9.17) is 19.7 Å². The van der Waals surface area contributed by atoms with E-state index in [1.54, 1.807) is 0 Å². The molecule has 0 aromatic carbocycles. The van der Waals surface area contributed by atoms with Crippen LogP contribution in [-0.4, -0.2) is 134 Å². The lowest BCUT2D eigenvalue weighted by Gasteiger charge is -2.25. The van der Waals surface area contributed by atoms with Gasteiger partial charge in [0.05, 0.1) is 19.8 Å². The summed E-state index contributed by atoms with van der Waals surface area (Å²) in [5.74, 6) is -3.92. The molecule has 53 heavy (non-hydrogen) atoms. The van der Waals surface area contributed by atoms with Crippen LogP contribution in [0.2, 0.25) is 0 Å². The largest absolute Gasteiger partial charge is 0.466 e. The highest BCUT2D eigenvalue weighted by atomic mass is 16.7. The smallest absolute Gasteiger partial charge is 0.347 e. The molecule has 0 bridgehead atoms. The molecule has 0 saturated carbocycles. The Morgan fingerprint density at radius 1 is 0.642 bits per heavy atom. The summed E-state index contributed by atoms with van der Waals surface area (Å²) in [4.78, 5) is 95.9. The number of allylic oxidation sites excluding steroid dienone is 1. The van der Waals surface area contributed by atoms with Crippen molar-refractivity contribution in [1.82, 2.24) is 0 Å². The molecule has 5 heterocycles. The number of rotatable bonds is 4. The highest BCUT2D eigenvalue weighted by Crippen LogP contribution is 2.21. The zero-order chi connectivity index (χ0) is 40.1. The van der Waals surface area contributed by atoms with Gasteiger partial charge in [-0.05, 0) is 47.5 Å². The summed E-state index contributed by atoms with van der Waals surface area (Å²) in [6, 6.07) is 0. The Morgan fingerprint density at radius 3 is 1.49 bits per heavy atom. The zero-order valence-corrected chi connectivity index (χ0v) is 30.1. The Balaban J connectivity index is 0.000000343. The molecule has 5 aliphatic heterocycles. The molecule has 2 N–H and O–H groups in total. The first-order chi connectivity index (χ1) is 24.9. The number of cyclic esters (lactones) is 8. The summed E-state index contributed by atoms with van der Waals surface area (Å²) >= 11 is 0. The van der Waals surface area contributed by atoms with Gasteiger partial charge in [0.25, 0.3) is 0 Å². The van der Waals surface area contributed by atoms with Crippen molar-refractivity contribution in [2.24, 2.45) is 5.41 Å². The van der Waals surface area contributed by atoms with E-state index in [9.17, 15) is 43.2 Å². The number of aliphatic hydroxyl groups excluding tert-OH is 2. The first-order valence-corrected chi connectivity index (χ1v) is 16.4. The van der Waals surface area contributed by atoms with E-state index in [0.29, 0.717) is 25.9 Å². The minimum absolute atomic E-state index is 0.0880. The molecule has 4 saturated heterocycles. The second-order valence-electron chi connectivity index (χ2n) is 11.8. The van der Waals surface area contributed by atoms with E-state index >= 15 is 0 Å². The Kier molecular flexibility index (Phi) is 20.3. The lowest BCUT2D eigenvalue weighted by Crippen LogP contribution is -2.40. The van der Waals surface area contributed by atoms with Crippen molar-refractivity contribution in [3.05, 3.63) is 12.2 Å². The average molecular weight is 763 g/mol. The Labute approximate surface area is 304 Å². The van der Waals surface area contributed by atoms with Crippen LogP contribution in [0.3, 0.4) is 0 Å². The molecule has 3 unspecified atom stereocenters. The average Bonchev–Trinajstić information content (AvgIpc) is 3.49. The summed E-state index contributed by atoms with van der Waals surface area (Å²) in [5.41, 5.74) is -1.29. The van der Waals surface area contributed by atoms with E-state index in [2.05, 4.69) is 33.2 Å². The van der Waals surface area contributed by atoms with Crippen molar-refractivity contribution < 1.29 is 96.0 Å². The van der Waals surface area contributed by atoms with Crippen LogP contribution in [-0.2, 0) is 85.8 Å². The molecule has 0 amide bonds. The number of carbonyl (C=O) groups is 9. The minimum Gasteiger partial charge on any atom is -0.466 e. The van der Waals surface area contributed by atoms with E-state index in [-0.39, 0.29) is 38.2 Å². The number of ether oxygens (including phenoxy) is 9. The van der Waals surface area contributed by atoms with Crippen molar-refractivity contribution in [3.63, 3.8) is 0 Å². The third-order valence-electron chi connectivity index (χ3n) is 7.06. The van der Waals surface area contributed by atoms with E-state index in [1.807, 2.05) is 12.2 Å². The van der Waals surface area contributed by atoms with Gasteiger partial charge in [0.15, 0.2) is 37.6 Å². The first-order valence-electron chi connectivity index (χ1n) is 16.4. The molecule has 298 valence electrons. The number of esters is 9. The van der Waals surface area contributed by atoms with Crippen LogP contribution in [0.5, 0.6) is 0 Å². The fraction of sp³-hybridized carbons (Fsp3) is 0.667. The standard InChI is InChI=1S/C11H18O6.2C6H8O4.C6H8O2.C4H4O4/c1-11(6-12,7-13)10(15)17-8-2-3-9(14)16-5-4-8;2*1-3-5(7)10-4(2)6(8)9-3;7-6-4-2-1-3-5-8-6;5-3-1-7-4(6)2-8-3/h8,12-13H,2-7H2,1H3;2*3-4H,1-2H3;1,3H,2,4-5H2;1-2H2/t;3-,4-;;;/m.1.../s1. The normalized spacial score (nSPS) is 25.3. The first kappa shape index (κ1) is 45.9. The van der Waals surface area contributed by atoms with Gasteiger partial charge in [0, 0.05) is 19.3 Å². The quantitative estimate of drug-likeness (QED) is 0.204. The fourth-order valence-electron chi connectivity index (χ4n) is 3.63. The van der Waals surface area contributed by atoms with Gasteiger partial charge in [-0.25, -0.2) is 28.8 Å². The minimum atomic E-state index is -1.29. The third kappa shape index (κ3) is 17.8. The van der Waals surface area contributed by atoms with Crippen LogP contribution in [0.25, 0.3) is 0 Å². The molecule has 4 fully saturated rings. The van der Waals surface area contributed by atoms with Crippen molar-refractivity contribution in [3.8, 4) is 0 Å². The lowest BCUT2D eigenvalue weighted by atomic mass is 9.93. The predicted octanol–water partition coefficient (Wildman–Crippen LogP) is -0.691. The maximum absolute atomic E-state index is 11.7. The summed E-state index contributed by atoms with van der Waals surface area (Å²) in [6.07, 6.45) is 2.89. The van der Waals surface area contributed by atoms with Gasteiger partial charge in [0.1, 0.15) is 18.1 Å². The molecule has 20 nitrogen and oxygen atoms in total. The summed E-state index contributed by atoms with van der Waals surface area (Å²) in [7, 11) is 0. The molecular weight excluding hydrogens is 716 g/mol. The zero-order valence-electron chi connectivity index (χ0n) is 30.1. The Morgan fingerprint density at radius 2 is 1.08 bits per heavy atom. The summed E-state index contributed by atoms with van der Waals surface area (Å²) in [6.45, 7) is 6.58. The summed E-state index contributed by atoms with van der Waals surface area (Å²) in [5, 5.41) is 18.1. The van der Waals surface area contributed by atoms with Crippen molar-refractivity contribution in [2.75, 3.05) is 39.6 Å². The van der Waals surface area contributed by atoms with E-state index in [1.165, 1.54) is 34.6 Å². The highest BCUT2D eigenvalue weighted by molar-refractivity contribution is 5.87. The van der Waals surface area contributed by atoms with E-state index in [0.717, 1.165) is 6.42 Å². The number of hydrogen-bond acceptors (Lipinski definition) is 20. The van der Waals surface area contributed by atoms with Crippen LogP contribution in [0.1, 0.15) is 66.7 Å². The van der Waals surface area contributed by atoms with Crippen molar-refractivity contribution in [2.45, 2.75) is 97.2 Å². The van der Waals surface area contributed by atoms with Crippen LogP contribution >= 0.6 is 0 Å². The number of hydrogen-bond donors (Lipinski definition) is 2. The van der Waals surface area contributed by atoms with Gasteiger partial charge in [0.2, 0.25) is 0 Å². The van der Waals surface area contributed by atoms with Crippen molar-refractivity contribution in [1.29, 1.82) is 0 Å². The van der Waals surface area contributed by atoms with Gasteiger partial charge < -0.3 is 52.8 Å². The van der Waals surface area contributed by atoms with Gasteiger partial charge in [-0.2, -0.15) is 0 Å². The molecule has 0 spiro atoms. The van der Waals surface area contributed by atoms with Gasteiger partial charge >= 0.3 is 53.7 Å². The van der Waals surface area contributed by atoms with Crippen molar-refractivity contribution >= 4 is 53.7 Å². The SMILES string of the molecule is CC(CO)(CO)C(=O)OC1CCOC(=O)CC1.CC1OC(=O)C(C)OC1=O.C[C@H]1OC(=O)[C@@H](C)OC1=O.O=C1CCC=CCO1.O=C1COC(=O)CO1. The number of carbonyl (C=O) groups excluding carboxylic acids is 9. The van der Waals surface area contributed by atoms with Crippen LogP contribution < -0.4 is 0 Å².